The molecule has 1 aliphatic carbocycles. The number of ether oxygens (including phenoxy) is 1. The van der Waals surface area contributed by atoms with E-state index in [-0.39, 0.29) is 5.82 Å². The molecule has 1 aromatic carbocycles. The van der Waals surface area contributed by atoms with Gasteiger partial charge in [-0.05, 0) is 50.5 Å². The zero-order valence-corrected chi connectivity index (χ0v) is 12.0. The first-order valence-corrected chi connectivity index (χ1v) is 6.87. The number of anilines is 1. The van der Waals surface area contributed by atoms with Crippen LogP contribution in [0.5, 0.6) is 11.6 Å². The van der Waals surface area contributed by atoms with E-state index in [1.165, 1.54) is 6.07 Å². The Morgan fingerprint density at radius 3 is 2.67 bits per heavy atom. The average molecular weight is 288 g/mol. The van der Waals surface area contributed by atoms with Crippen LogP contribution in [-0.4, -0.2) is 9.97 Å². The summed E-state index contributed by atoms with van der Waals surface area (Å²) >= 11 is 0. The maximum atomic E-state index is 13.3. The van der Waals surface area contributed by atoms with Gasteiger partial charge >= 0.3 is 0 Å². The minimum atomic E-state index is -0.259. The maximum absolute atomic E-state index is 13.3. The number of hydrogen-bond donors (Lipinski definition) is 2. The topological polar surface area (TPSA) is 73.1 Å². The van der Waals surface area contributed by atoms with Crippen molar-refractivity contribution in [1.29, 1.82) is 0 Å². The molecule has 2 aromatic rings. The molecule has 0 bridgehead atoms. The highest BCUT2D eigenvalue weighted by atomic mass is 19.1. The van der Waals surface area contributed by atoms with Crippen molar-refractivity contribution in [1.82, 2.24) is 9.97 Å². The van der Waals surface area contributed by atoms with Crippen LogP contribution in [0.15, 0.2) is 18.2 Å². The number of nitrogens with zero attached hydrogens (tertiary/aromatic N) is 2. The lowest BCUT2D eigenvalue weighted by Gasteiger charge is -2.13. The predicted octanol–water partition coefficient (Wildman–Crippen LogP) is 3.19. The van der Waals surface area contributed by atoms with Gasteiger partial charge in [0, 0.05) is 5.92 Å². The molecule has 3 N–H and O–H groups in total. The number of aryl methyl sites for hydroxylation is 1. The number of rotatable bonds is 4. The zero-order valence-electron chi connectivity index (χ0n) is 12.0. The highest BCUT2D eigenvalue weighted by Crippen LogP contribution is 2.40. The first-order valence-electron chi connectivity index (χ1n) is 6.87. The fourth-order valence-electron chi connectivity index (χ4n) is 2.07. The summed E-state index contributed by atoms with van der Waals surface area (Å²) in [4.78, 5) is 8.87. The molecule has 3 rings (SSSR count). The predicted molar refractivity (Wildman–Crippen MR) is 77.8 cm³/mol. The third-order valence-corrected chi connectivity index (χ3v) is 3.54. The molecule has 1 saturated carbocycles. The number of nitrogens with two attached hydrogens (primary N) is 1. The monoisotopic (exact) mass is 288 g/mol. The number of hydrogen-bond acceptors (Lipinski definition) is 5. The Kier molecular flexibility index (Phi) is 3.47. The van der Waals surface area contributed by atoms with Gasteiger partial charge in [-0.15, -0.1) is 0 Å². The Labute approximate surface area is 122 Å². The highest BCUT2D eigenvalue weighted by Gasteiger charge is 2.28. The van der Waals surface area contributed by atoms with E-state index in [9.17, 15) is 4.39 Å². The molecule has 0 spiro atoms. The summed E-state index contributed by atoms with van der Waals surface area (Å²) in [6.45, 7) is 3.52. The lowest BCUT2D eigenvalue weighted by Crippen LogP contribution is -2.13. The van der Waals surface area contributed by atoms with Gasteiger partial charge < -0.3 is 10.2 Å². The van der Waals surface area contributed by atoms with Gasteiger partial charge in [0.25, 0.3) is 0 Å². The minimum absolute atomic E-state index is 0.259. The molecular weight excluding hydrogens is 271 g/mol. The molecule has 0 radical (unpaired) electrons. The van der Waals surface area contributed by atoms with Gasteiger partial charge in [-0.2, -0.15) is 4.98 Å². The van der Waals surface area contributed by atoms with E-state index in [4.69, 9.17) is 10.6 Å². The van der Waals surface area contributed by atoms with Crippen molar-refractivity contribution >= 4 is 5.82 Å². The van der Waals surface area contributed by atoms with E-state index < -0.39 is 0 Å². The minimum Gasteiger partial charge on any atom is -0.439 e. The van der Waals surface area contributed by atoms with Crippen LogP contribution in [0.3, 0.4) is 0 Å². The fraction of sp³-hybridized carbons (Fsp3) is 0.333. The number of hydrazine groups is 1. The molecule has 6 heteroatoms. The van der Waals surface area contributed by atoms with Crippen LogP contribution in [0.2, 0.25) is 0 Å². The third-order valence-electron chi connectivity index (χ3n) is 3.54. The van der Waals surface area contributed by atoms with E-state index >= 15 is 0 Å². The second-order valence-corrected chi connectivity index (χ2v) is 5.29. The average Bonchev–Trinajstić information content (AvgIpc) is 3.29. The van der Waals surface area contributed by atoms with E-state index in [0.717, 1.165) is 24.2 Å². The zero-order chi connectivity index (χ0) is 15.0. The molecule has 0 saturated heterocycles. The van der Waals surface area contributed by atoms with E-state index in [1.807, 2.05) is 6.92 Å². The van der Waals surface area contributed by atoms with Gasteiger partial charge in [0.1, 0.15) is 17.4 Å². The Hall–Kier alpha value is -2.21. The fourth-order valence-corrected chi connectivity index (χ4v) is 2.07. The van der Waals surface area contributed by atoms with Crippen molar-refractivity contribution in [2.45, 2.75) is 32.6 Å². The van der Waals surface area contributed by atoms with Crippen LogP contribution in [-0.2, 0) is 0 Å². The third kappa shape index (κ3) is 2.80. The van der Waals surface area contributed by atoms with Crippen molar-refractivity contribution in [3.05, 3.63) is 41.0 Å². The number of nitrogens with one attached hydrogen (secondary N) is 1. The Morgan fingerprint density at radius 2 is 2.05 bits per heavy atom. The number of benzene rings is 1. The first kappa shape index (κ1) is 13.8. The lowest BCUT2D eigenvalue weighted by molar-refractivity contribution is 0.452. The largest absolute Gasteiger partial charge is 0.439 e. The number of aromatic nitrogens is 2. The van der Waals surface area contributed by atoms with Crippen LogP contribution >= 0.6 is 0 Å². The van der Waals surface area contributed by atoms with Crippen LogP contribution in [0, 0.1) is 19.7 Å². The Balaban J connectivity index is 1.96. The molecule has 110 valence electrons. The summed E-state index contributed by atoms with van der Waals surface area (Å²) in [6, 6.07) is 4.60. The van der Waals surface area contributed by atoms with Crippen molar-refractivity contribution in [3.63, 3.8) is 0 Å². The first-order chi connectivity index (χ1) is 10.1. The van der Waals surface area contributed by atoms with Gasteiger partial charge in [0.15, 0.2) is 5.82 Å². The van der Waals surface area contributed by atoms with Crippen molar-refractivity contribution in [3.8, 4) is 11.6 Å². The molecule has 0 atom stereocenters. The lowest BCUT2D eigenvalue weighted by atomic mass is 10.2. The van der Waals surface area contributed by atoms with Crippen molar-refractivity contribution < 1.29 is 9.13 Å². The summed E-state index contributed by atoms with van der Waals surface area (Å²) in [5.74, 6) is 7.91. The van der Waals surface area contributed by atoms with Gasteiger partial charge in [0.2, 0.25) is 5.88 Å². The molecule has 0 amide bonds. The Bertz CT molecular complexity index is 686. The van der Waals surface area contributed by atoms with Crippen LogP contribution < -0.4 is 16.0 Å². The van der Waals surface area contributed by atoms with Gasteiger partial charge in [-0.3, -0.25) is 0 Å². The summed E-state index contributed by atoms with van der Waals surface area (Å²) in [6.07, 6.45) is 2.17. The number of nitrogen functional groups attached to an aromatic ring is 1. The standard InChI is InChI=1S/C15H17FN4O/c1-8-7-11(5-6-12(8)16)21-15-9(2)13(20-17)18-14(19-15)10-3-4-10/h5-7,10H,3-4,17H2,1-2H3,(H,18,19,20). The van der Waals surface area contributed by atoms with Crippen molar-refractivity contribution in [2.75, 3.05) is 5.43 Å². The molecule has 21 heavy (non-hydrogen) atoms. The summed E-state index contributed by atoms with van der Waals surface area (Å²) in [5, 5.41) is 0. The second-order valence-electron chi connectivity index (χ2n) is 5.29. The second kappa shape index (κ2) is 5.29. The quantitative estimate of drug-likeness (QED) is 0.667. The van der Waals surface area contributed by atoms with E-state index in [1.54, 1.807) is 19.1 Å². The van der Waals surface area contributed by atoms with E-state index in [2.05, 4.69) is 15.4 Å². The normalized spacial score (nSPS) is 14.1. The number of halogens is 1. The molecule has 1 heterocycles. The Morgan fingerprint density at radius 1 is 1.29 bits per heavy atom. The van der Waals surface area contributed by atoms with Crippen LogP contribution in [0.1, 0.15) is 35.7 Å². The summed E-state index contributed by atoms with van der Waals surface area (Å²) < 4.78 is 19.1. The molecule has 1 aliphatic rings. The SMILES string of the molecule is Cc1cc(Oc2nc(C3CC3)nc(NN)c2C)ccc1F. The van der Waals surface area contributed by atoms with E-state index in [0.29, 0.717) is 28.9 Å². The summed E-state index contributed by atoms with van der Waals surface area (Å²) in [7, 11) is 0. The van der Waals surface area contributed by atoms with Crippen molar-refractivity contribution in [2.24, 2.45) is 5.84 Å². The molecule has 1 aromatic heterocycles. The highest BCUT2D eigenvalue weighted by molar-refractivity contribution is 5.49. The van der Waals surface area contributed by atoms with Gasteiger partial charge in [0.05, 0.1) is 5.56 Å². The maximum Gasteiger partial charge on any atom is 0.227 e. The summed E-state index contributed by atoms with van der Waals surface area (Å²) in [5.41, 5.74) is 3.83. The molecule has 1 fully saturated rings. The van der Waals surface area contributed by atoms with Crippen LogP contribution in [0.25, 0.3) is 0 Å². The smallest absolute Gasteiger partial charge is 0.227 e. The molecule has 5 nitrogen and oxygen atoms in total. The van der Waals surface area contributed by atoms with Gasteiger partial charge in [-0.1, -0.05) is 0 Å². The molecular formula is C15H17FN4O. The molecule has 0 aliphatic heterocycles. The molecule has 0 unspecified atom stereocenters. The van der Waals surface area contributed by atoms with Crippen LogP contribution in [0.4, 0.5) is 10.2 Å². The van der Waals surface area contributed by atoms with Gasteiger partial charge in [-0.25, -0.2) is 15.2 Å².